The van der Waals surface area contributed by atoms with Gasteiger partial charge in [0.15, 0.2) is 0 Å². The summed E-state index contributed by atoms with van der Waals surface area (Å²) < 4.78 is 0. The van der Waals surface area contributed by atoms with Crippen LogP contribution in [0.4, 0.5) is 11.4 Å². The highest BCUT2D eigenvalue weighted by atomic mass is 16.1. The van der Waals surface area contributed by atoms with Crippen LogP contribution < -0.4 is 10.2 Å². The van der Waals surface area contributed by atoms with E-state index in [1.54, 1.807) is 0 Å². The van der Waals surface area contributed by atoms with Crippen molar-refractivity contribution in [3.05, 3.63) is 96.1 Å². The molecule has 0 heterocycles. The van der Waals surface area contributed by atoms with Crippen LogP contribution in [0.5, 0.6) is 0 Å². The molecular weight excluding hydrogens is 320 g/mol. The van der Waals surface area contributed by atoms with Crippen LogP contribution in [0.3, 0.4) is 0 Å². The minimum Gasteiger partial charge on any atom is -0.378 e. The summed E-state index contributed by atoms with van der Waals surface area (Å²) in [6.07, 6.45) is 1.92. The first-order valence-electron chi connectivity index (χ1n) is 8.54. The van der Waals surface area contributed by atoms with E-state index in [9.17, 15) is 4.79 Å². The lowest BCUT2D eigenvalue weighted by Crippen LogP contribution is -2.14. The largest absolute Gasteiger partial charge is 0.378 e. The second kappa shape index (κ2) is 8.17. The highest BCUT2D eigenvalue weighted by molar-refractivity contribution is 6.29. The molecule has 0 aliphatic carbocycles. The molecule has 0 spiro atoms. The van der Waals surface area contributed by atoms with E-state index in [0.717, 1.165) is 22.5 Å². The summed E-state index contributed by atoms with van der Waals surface area (Å²) in [5, 5.41) is 3.00. The van der Waals surface area contributed by atoms with Crippen molar-refractivity contribution in [3.8, 4) is 0 Å². The van der Waals surface area contributed by atoms with Gasteiger partial charge in [-0.1, -0.05) is 60.7 Å². The Morgan fingerprint density at radius 1 is 0.808 bits per heavy atom. The average Bonchev–Trinajstić information content (AvgIpc) is 2.68. The van der Waals surface area contributed by atoms with Gasteiger partial charge < -0.3 is 10.2 Å². The van der Waals surface area contributed by atoms with Crippen molar-refractivity contribution >= 4 is 28.9 Å². The lowest BCUT2D eigenvalue weighted by atomic mass is 10.0. The Bertz CT molecular complexity index is 883. The molecule has 3 rings (SSSR count). The zero-order valence-electron chi connectivity index (χ0n) is 15.0. The molecule has 0 aromatic heterocycles. The van der Waals surface area contributed by atoms with Crippen LogP contribution >= 0.6 is 0 Å². The molecule has 3 nitrogen and oxygen atoms in total. The molecule has 1 N–H and O–H groups in total. The van der Waals surface area contributed by atoms with Gasteiger partial charge in [0.1, 0.15) is 0 Å². The zero-order valence-corrected chi connectivity index (χ0v) is 15.0. The molecule has 1 amide bonds. The summed E-state index contributed by atoms with van der Waals surface area (Å²) in [4.78, 5) is 15.0. The Labute approximate surface area is 154 Å². The van der Waals surface area contributed by atoms with E-state index in [1.165, 1.54) is 0 Å². The number of carbonyl (C=O) groups excluding carboxylic acids is 1. The van der Waals surface area contributed by atoms with E-state index >= 15 is 0 Å². The van der Waals surface area contributed by atoms with Gasteiger partial charge in [0, 0.05) is 31.0 Å². The number of hydrogen-bond donors (Lipinski definition) is 1. The third-order valence-electron chi connectivity index (χ3n) is 4.08. The Hall–Kier alpha value is -3.33. The van der Waals surface area contributed by atoms with Crippen molar-refractivity contribution in [1.29, 1.82) is 0 Å². The predicted octanol–water partition coefficient (Wildman–Crippen LogP) is 4.93. The number of nitrogens with zero attached hydrogens (tertiary/aromatic N) is 1. The van der Waals surface area contributed by atoms with Crippen LogP contribution in [0, 0.1) is 0 Å². The molecule has 0 fully saturated rings. The molecule has 0 unspecified atom stereocenters. The fourth-order valence-corrected chi connectivity index (χ4v) is 2.65. The normalized spacial score (nSPS) is 11.1. The summed E-state index contributed by atoms with van der Waals surface area (Å²) in [6, 6.07) is 27.4. The number of nitrogens with one attached hydrogen (secondary N) is 1. The van der Waals surface area contributed by atoms with E-state index in [4.69, 9.17) is 0 Å². The topological polar surface area (TPSA) is 32.3 Å². The second-order valence-electron chi connectivity index (χ2n) is 6.23. The van der Waals surface area contributed by atoms with Crippen molar-refractivity contribution in [1.82, 2.24) is 0 Å². The molecule has 0 atom stereocenters. The van der Waals surface area contributed by atoms with Crippen molar-refractivity contribution in [2.24, 2.45) is 0 Å². The second-order valence-corrected chi connectivity index (χ2v) is 6.23. The highest BCUT2D eigenvalue weighted by Gasteiger charge is 2.12. The van der Waals surface area contributed by atoms with Crippen LogP contribution in [0.15, 0.2) is 84.9 Å². The van der Waals surface area contributed by atoms with Gasteiger partial charge in [0.25, 0.3) is 5.91 Å². The molecule has 3 aromatic rings. The van der Waals surface area contributed by atoms with Crippen molar-refractivity contribution in [3.63, 3.8) is 0 Å². The average molecular weight is 342 g/mol. The van der Waals surface area contributed by atoms with Gasteiger partial charge in [-0.05, 0) is 41.5 Å². The number of benzene rings is 3. The third-order valence-corrected chi connectivity index (χ3v) is 4.08. The molecule has 130 valence electrons. The van der Waals surface area contributed by atoms with Crippen LogP contribution in [-0.2, 0) is 4.79 Å². The van der Waals surface area contributed by atoms with Crippen molar-refractivity contribution < 1.29 is 4.79 Å². The first-order chi connectivity index (χ1) is 12.6. The summed E-state index contributed by atoms with van der Waals surface area (Å²) in [7, 11) is 3.98. The Kier molecular flexibility index (Phi) is 5.49. The highest BCUT2D eigenvalue weighted by Crippen LogP contribution is 2.22. The minimum absolute atomic E-state index is 0.127. The SMILES string of the molecule is CN(C)c1ccc(NC(=O)/C(=C\c2ccccc2)c2ccccc2)cc1. The number of amides is 1. The maximum Gasteiger partial charge on any atom is 0.256 e. The van der Waals surface area contributed by atoms with Gasteiger partial charge in [0.05, 0.1) is 0 Å². The van der Waals surface area contributed by atoms with E-state index in [2.05, 4.69) is 5.32 Å². The van der Waals surface area contributed by atoms with Crippen molar-refractivity contribution in [2.75, 3.05) is 24.3 Å². The molecule has 3 heteroatoms. The van der Waals surface area contributed by atoms with Gasteiger partial charge in [-0.15, -0.1) is 0 Å². The van der Waals surface area contributed by atoms with Gasteiger partial charge >= 0.3 is 0 Å². The molecule has 0 radical (unpaired) electrons. The molecule has 0 aliphatic rings. The van der Waals surface area contributed by atoms with Gasteiger partial charge in [-0.3, -0.25) is 4.79 Å². The summed E-state index contributed by atoms with van der Waals surface area (Å²) >= 11 is 0. The number of rotatable bonds is 5. The fourth-order valence-electron chi connectivity index (χ4n) is 2.65. The molecule has 0 aliphatic heterocycles. The van der Waals surface area contributed by atoms with E-state index in [0.29, 0.717) is 5.57 Å². The first kappa shape index (κ1) is 17.5. The third kappa shape index (κ3) is 4.39. The van der Waals surface area contributed by atoms with Gasteiger partial charge in [-0.2, -0.15) is 0 Å². The van der Waals surface area contributed by atoms with Crippen molar-refractivity contribution in [2.45, 2.75) is 0 Å². The molecule has 0 bridgehead atoms. The minimum atomic E-state index is -0.127. The summed E-state index contributed by atoms with van der Waals surface area (Å²) in [5.41, 5.74) is 4.37. The number of carbonyl (C=O) groups is 1. The Balaban J connectivity index is 1.89. The van der Waals surface area contributed by atoms with Crippen LogP contribution in [-0.4, -0.2) is 20.0 Å². The monoisotopic (exact) mass is 342 g/mol. The zero-order chi connectivity index (χ0) is 18.4. The van der Waals surface area contributed by atoms with E-state index < -0.39 is 0 Å². The molecular formula is C23H22N2O. The summed E-state index contributed by atoms with van der Waals surface area (Å²) in [6.45, 7) is 0. The van der Waals surface area contributed by atoms with E-state index in [1.807, 2.05) is 110 Å². The lowest BCUT2D eigenvalue weighted by Gasteiger charge is -2.14. The summed E-state index contributed by atoms with van der Waals surface area (Å²) in [5.74, 6) is -0.127. The number of hydrogen-bond acceptors (Lipinski definition) is 2. The first-order valence-corrected chi connectivity index (χ1v) is 8.54. The quantitative estimate of drug-likeness (QED) is 0.526. The lowest BCUT2D eigenvalue weighted by molar-refractivity contribution is -0.111. The fraction of sp³-hybridized carbons (Fsp3) is 0.0870. The predicted molar refractivity (Wildman–Crippen MR) is 110 cm³/mol. The van der Waals surface area contributed by atoms with Crippen LogP contribution in [0.2, 0.25) is 0 Å². The molecule has 0 saturated heterocycles. The Morgan fingerprint density at radius 3 is 1.96 bits per heavy atom. The molecule has 0 saturated carbocycles. The maximum absolute atomic E-state index is 12.9. The van der Waals surface area contributed by atoms with Gasteiger partial charge in [0.2, 0.25) is 0 Å². The standard InChI is InChI=1S/C23H22N2O/c1-25(2)21-15-13-20(14-16-21)24-23(26)22(19-11-7-4-8-12-19)17-18-9-5-3-6-10-18/h3-17H,1-2H3,(H,24,26)/b22-17-. The smallest absolute Gasteiger partial charge is 0.256 e. The van der Waals surface area contributed by atoms with E-state index in [-0.39, 0.29) is 5.91 Å². The van der Waals surface area contributed by atoms with Crippen LogP contribution in [0.25, 0.3) is 11.6 Å². The maximum atomic E-state index is 12.9. The molecule has 3 aromatic carbocycles. The van der Waals surface area contributed by atoms with Crippen LogP contribution in [0.1, 0.15) is 11.1 Å². The molecule has 26 heavy (non-hydrogen) atoms. The number of anilines is 2. The Morgan fingerprint density at radius 2 is 1.38 bits per heavy atom. The van der Waals surface area contributed by atoms with Gasteiger partial charge in [-0.25, -0.2) is 0 Å².